The van der Waals surface area contributed by atoms with Crippen molar-refractivity contribution in [2.24, 2.45) is 12.9 Å². The lowest BCUT2D eigenvalue weighted by molar-refractivity contribution is 0.0586. The highest BCUT2D eigenvalue weighted by molar-refractivity contribution is 4.95. The van der Waals surface area contributed by atoms with E-state index in [0.717, 1.165) is 5.69 Å². The number of hydrogen-bond acceptors (Lipinski definition) is 6. The predicted molar refractivity (Wildman–Crippen MR) is 58.5 cm³/mol. The van der Waals surface area contributed by atoms with Crippen LogP contribution in [0.2, 0.25) is 0 Å². The fraction of sp³-hybridized carbons (Fsp3) is 0.778. The predicted octanol–water partition coefficient (Wildman–Crippen LogP) is -1.15. The molecule has 0 spiro atoms. The van der Waals surface area contributed by atoms with Crippen LogP contribution in [0.1, 0.15) is 5.69 Å². The van der Waals surface area contributed by atoms with Crippen LogP contribution in [0.15, 0.2) is 6.20 Å². The third-order valence-corrected chi connectivity index (χ3v) is 2.09. The molecule has 0 fully saturated rings. The lowest BCUT2D eigenvalue weighted by atomic mass is 10.2. The molecule has 0 aromatic carbocycles. The van der Waals surface area contributed by atoms with Gasteiger partial charge in [0.15, 0.2) is 0 Å². The van der Waals surface area contributed by atoms with Crippen molar-refractivity contribution in [1.82, 2.24) is 20.4 Å². The zero-order chi connectivity index (χ0) is 11.8. The largest absolute Gasteiger partial charge is 0.382 e. The van der Waals surface area contributed by atoms with Crippen LogP contribution >= 0.6 is 0 Å². The highest BCUT2D eigenvalue weighted by atomic mass is 16.5. The molecule has 0 aliphatic heterocycles. The summed E-state index contributed by atoms with van der Waals surface area (Å²) in [5, 5.41) is 7.84. The number of aromatic nitrogens is 3. The summed E-state index contributed by atoms with van der Waals surface area (Å²) in [6.07, 6.45) is 2.55. The molecule has 1 heterocycles. The van der Waals surface area contributed by atoms with Gasteiger partial charge in [-0.05, 0) is 0 Å². The van der Waals surface area contributed by atoms with E-state index in [1.807, 2.05) is 13.2 Å². The second kappa shape index (κ2) is 7.29. The number of rotatable bonds is 8. The molecule has 92 valence electrons. The van der Waals surface area contributed by atoms with Crippen molar-refractivity contribution < 1.29 is 9.47 Å². The van der Waals surface area contributed by atoms with Crippen LogP contribution in [-0.4, -0.2) is 48.0 Å². The van der Waals surface area contributed by atoms with Gasteiger partial charge < -0.3 is 9.47 Å². The Morgan fingerprint density at radius 2 is 2.38 bits per heavy atom. The summed E-state index contributed by atoms with van der Waals surface area (Å²) in [6, 6.07) is 0.0357. The molecule has 16 heavy (non-hydrogen) atoms. The van der Waals surface area contributed by atoms with Crippen molar-refractivity contribution in [3.05, 3.63) is 11.9 Å². The van der Waals surface area contributed by atoms with Gasteiger partial charge >= 0.3 is 0 Å². The number of hydrazine groups is 1. The fourth-order valence-electron chi connectivity index (χ4n) is 1.28. The SMILES string of the molecule is COCCOCC(Cc1cn(C)nn1)NN. The standard InChI is InChI=1S/C9H19N5O2/c1-14-6-8(12-13-14)5-9(11-10)7-16-4-3-15-2/h6,9,11H,3-5,7,10H2,1-2H3. The Morgan fingerprint density at radius 3 is 2.94 bits per heavy atom. The molecule has 0 bridgehead atoms. The van der Waals surface area contributed by atoms with Gasteiger partial charge in [0.05, 0.1) is 31.6 Å². The monoisotopic (exact) mass is 229 g/mol. The number of nitrogens with zero attached hydrogens (tertiary/aromatic N) is 3. The van der Waals surface area contributed by atoms with Crippen molar-refractivity contribution in [2.75, 3.05) is 26.9 Å². The molecule has 1 atom stereocenters. The second-order valence-corrected chi connectivity index (χ2v) is 3.52. The summed E-state index contributed by atoms with van der Waals surface area (Å²) in [6.45, 7) is 1.67. The number of nitrogens with one attached hydrogen (secondary N) is 1. The van der Waals surface area contributed by atoms with Crippen LogP contribution < -0.4 is 11.3 Å². The van der Waals surface area contributed by atoms with E-state index in [1.54, 1.807) is 11.8 Å². The lowest BCUT2D eigenvalue weighted by Crippen LogP contribution is -2.40. The van der Waals surface area contributed by atoms with Crippen molar-refractivity contribution in [2.45, 2.75) is 12.5 Å². The maximum absolute atomic E-state index is 5.43. The molecule has 1 aromatic heterocycles. The molecular formula is C9H19N5O2. The molecular weight excluding hydrogens is 210 g/mol. The van der Waals surface area contributed by atoms with Gasteiger partial charge in [-0.2, -0.15) is 0 Å². The molecule has 0 aliphatic carbocycles. The highest BCUT2D eigenvalue weighted by Crippen LogP contribution is 1.98. The van der Waals surface area contributed by atoms with E-state index in [9.17, 15) is 0 Å². The van der Waals surface area contributed by atoms with Crippen molar-refractivity contribution in [3.8, 4) is 0 Å². The Morgan fingerprint density at radius 1 is 1.56 bits per heavy atom. The lowest BCUT2D eigenvalue weighted by Gasteiger charge is -2.14. The first-order valence-electron chi connectivity index (χ1n) is 5.14. The number of aryl methyl sites for hydroxylation is 1. The molecule has 1 unspecified atom stereocenters. The summed E-state index contributed by atoms with van der Waals surface area (Å²) >= 11 is 0. The average Bonchev–Trinajstić information content (AvgIpc) is 2.68. The third kappa shape index (κ3) is 4.67. The van der Waals surface area contributed by atoms with Gasteiger partial charge in [-0.15, -0.1) is 5.10 Å². The van der Waals surface area contributed by atoms with Crippen LogP contribution in [0.4, 0.5) is 0 Å². The van der Waals surface area contributed by atoms with Gasteiger partial charge in [-0.1, -0.05) is 5.21 Å². The van der Waals surface area contributed by atoms with Crippen LogP contribution in [0.5, 0.6) is 0 Å². The van der Waals surface area contributed by atoms with Gasteiger partial charge in [0.2, 0.25) is 0 Å². The molecule has 0 radical (unpaired) electrons. The minimum absolute atomic E-state index is 0.0357. The quantitative estimate of drug-likeness (QED) is 0.332. The van der Waals surface area contributed by atoms with Crippen molar-refractivity contribution in [3.63, 3.8) is 0 Å². The molecule has 7 nitrogen and oxygen atoms in total. The molecule has 3 N–H and O–H groups in total. The average molecular weight is 229 g/mol. The summed E-state index contributed by atoms with van der Waals surface area (Å²) in [5.41, 5.74) is 3.58. The first-order chi connectivity index (χ1) is 7.76. The van der Waals surface area contributed by atoms with Crippen molar-refractivity contribution in [1.29, 1.82) is 0 Å². The second-order valence-electron chi connectivity index (χ2n) is 3.52. The Kier molecular flexibility index (Phi) is 5.94. The Balaban J connectivity index is 2.26. The van der Waals surface area contributed by atoms with E-state index >= 15 is 0 Å². The summed E-state index contributed by atoms with van der Waals surface area (Å²) < 4.78 is 11.9. The summed E-state index contributed by atoms with van der Waals surface area (Å²) in [5.74, 6) is 5.43. The first-order valence-corrected chi connectivity index (χ1v) is 5.14. The summed E-state index contributed by atoms with van der Waals surface area (Å²) in [7, 11) is 3.47. The van der Waals surface area contributed by atoms with E-state index < -0.39 is 0 Å². The molecule has 1 rings (SSSR count). The molecule has 0 saturated heterocycles. The van der Waals surface area contributed by atoms with E-state index in [4.69, 9.17) is 15.3 Å². The van der Waals surface area contributed by atoms with Crippen LogP contribution in [0, 0.1) is 0 Å². The highest BCUT2D eigenvalue weighted by Gasteiger charge is 2.10. The minimum atomic E-state index is 0.0357. The first kappa shape index (κ1) is 13.0. The molecule has 0 amide bonds. The fourth-order valence-corrected chi connectivity index (χ4v) is 1.28. The topological polar surface area (TPSA) is 87.2 Å². The van der Waals surface area contributed by atoms with Gasteiger partial charge in [-0.3, -0.25) is 16.0 Å². The van der Waals surface area contributed by atoms with Gasteiger partial charge in [0.25, 0.3) is 0 Å². The van der Waals surface area contributed by atoms with E-state index in [2.05, 4.69) is 15.7 Å². The normalized spacial score (nSPS) is 12.9. The van der Waals surface area contributed by atoms with Gasteiger partial charge in [-0.25, -0.2) is 0 Å². The van der Waals surface area contributed by atoms with Gasteiger partial charge in [0, 0.05) is 26.8 Å². The molecule has 1 aromatic rings. The molecule has 0 saturated carbocycles. The summed E-state index contributed by atoms with van der Waals surface area (Å²) in [4.78, 5) is 0. The van der Waals surface area contributed by atoms with Crippen LogP contribution in [-0.2, 0) is 22.9 Å². The number of ether oxygens (including phenoxy) is 2. The van der Waals surface area contributed by atoms with Gasteiger partial charge in [0.1, 0.15) is 0 Å². The maximum atomic E-state index is 5.43. The number of methoxy groups -OCH3 is 1. The van der Waals surface area contributed by atoms with E-state index in [1.165, 1.54) is 0 Å². The number of nitrogens with two attached hydrogens (primary N) is 1. The zero-order valence-electron chi connectivity index (χ0n) is 9.72. The van der Waals surface area contributed by atoms with E-state index in [-0.39, 0.29) is 6.04 Å². The molecule has 7 heteroatoms. The van der Waals surface area contributed by atoms with Crippen LogP contribution in [0.25, 0.3) is 0 Å². The Bertz CT molecular complexity index is 291. The van der Waals surface area contributed by atoms with E-state index in [0.29, 0.717) is 26.2 Å². The third-order valence-electron chi connectivity index (χ3n) is 2.09. The zero-order valence-corrected chi connectivity index (χ0v) is 9.72. The van der Waals surface area contributed by atoms with Crippen LogP contribution in [0.3, 0.4) is 0 Å². The number of hydrogen-bond donors (Lipinski definition) is 2. The van der Waals surface area contributed by atoms with Crippen molar-refractivity contribution >= 4 is 0 Å². The maximum Gasteiger partial charge on any atom is 0.0843 e. The minimum Gasteiger partial charge on any atom is -0.382 e. The smallest absolute Gasteiger partial charge is 0.0843 e. The molecule has 0 aliphatic rings. The Hall–Kier alpha value is -1.02. The Labute approximate surface area is 94.9 Å².